The number of hydrogen-bond acceptors (Lipinski definition) is 5. The van der Waals surface area contributed by atoms with Crippen LogP contribution in [0.2, 0.25) is 0 Å². The molecule has 0 radical (unpaired) electrons. The van der Waals surface area contributed by atoms with Gasteiger partial charge in [0, 0.05) is 43.4 Å². The molecular weight excluding hydrogens is 332 g/mol. The van der Waals surface area contributed by atoms with E-state index in [-0.39, 0.29) is 17.4 Å². The third-order valence-electron chi connectivity index (χ3n) is 4.91. The summed E-state index contributed by atoms with van der Waals surface area (Å²) >= 11 is 0. The molecule has 0 bridgehead atoms. The quantitative estimate of drug-likeness (QED) is 0.782. The second-order valence-electron chi connectivity index (χ2n) is 6.61. The van der Waals surface area contributed by atoms with Crippen LogP contribution in [-0.2, 0) is 6.42 Å². The number of nitrogens with zero attached hydrogens (tertiary/aromatic N) is 3. The van der Waals surface area contributed by atoms with Crippen molar-refractivity contribution in [2.45, 2.75) is 32.1 Å². The van der Waals surface area contributed by atoms with E-state index in [9.17, 15) is 9.59 Å². The molecular formula is C19H20N4O3. The molecule has 7 nitrogen and oxygen atoms in total. The predicted molar refractivity (Wildman–Crippen MR) is 96.1 cm³/mol. The highest BCUT2D eigenvalue weighted by Gasteiger charge is 2.28. The van der Waals surface area contributed by atoms with Crippen LogP contribution < -0.4 is 5.56 Å². The van der Waals surface area contributed by atoms with E-state index >= 15 is 0 Å². The number of rotatable bonds is 3. The van der Waals surface area contributed by atoms with Crippen molar-refractivity contribution in [2.24, 2.45) is 0 Å². The molecule has 0 unspecified atom stereocenters. The number of carbonyl (C=O) groups is 1. The van der Waals surface area contributed by atoms with Crippen molar-refractivity contribution in [1.29, 1.82) is 0 Å². The Bertz CT molecular complexity index is 1010. The molecule has 0 saturated carbocycles. The first-order valence-corrected chi connectivity index (χ1v) is 8.88. The summed E-state index contributed by atoms with van der Waals surface area (Å²) in [7, 11) is 0. The summed E-state index contributed by atoms with van der Waals surface area (Å²) in [6.45, 7) is 3.18. The Balaban J connectivity index is 1.58. The predicted octanol–water partition coefficient (Wildman–Crippen LogP) is 2.49. The number of carbonyl (C=O) groups excluding carboxylic acids is 1. The van der Waals surface area contributed by atoms with E-state index in [1.54, 1.807) is 29.3 Å². The van der Waals surface area contributed by atoms with Gasteiger partial charge in [-0.1, -0.05) is 12.1 Å². The van der Waals surface area contributed by atoms with Crippen molar-refractivity contribution in [3.63, 3.8) is 0 Å². The molecule has 4 rings (SSSR count). The van der Waals surface area contributed by atoms with Crippen molar-refractivity contribution < 1.29 is 9.32 Å². The Hall–Kier alpha value is -2.96. The van der Waals surface area contributed by atoms with Crippen LogP contribution in [0, 0.1) is 0 Å². The van der Waals surface area contributed by atoms with E-state index in [4.69, 9.17) is 4.52 Å². The zero-order valence-electron chi connectivity index (χ0n) is 14.6. The normalized spacial score (nSPS) is 17.6. The lowest BCUT2D eigenvalue weighted by Gasteiger charge is -2.32. The third-order valence-corrected chi connectivity index (χ3v) is 4.91. The standard InChI is InChI=1S/C19H20N4O3/c1-2-13-9-17(22-26-13)19(25)23-8-4-5-12(11-23)15-10-16-14(18(24)21-15)6-3-7-20-16/h3,6-7,9-10,12H,2,4-5,8,11H2,1H3,(H,21,24)/t12-/m0/s1. The molecule has 1 aliphatic heterocycles. The van der Waals surface area contributed by atoms with Crippen LogP contribution in [0.3, 0.4) is 0 Å². The Morgan fingerprint density at radius 3 is 3.12 bits per heavy atom. The lowest BCUT2D eigenvalue weighted by atomic mass is 9.93. The van der Waals surface area contributed by atoms with Gasteiger partial charge in [0.1, 0.15) is 5.76 Å². The molecule has 1 amide bonds. The fourth-order valence-corrected chi connectivity index (χ4v) is 3.48. The number of aryl methyl sites for hydroxylation is 1. The largest absolute Gasteiger partial charge is 0.361 e. The van der Waals surface area contributed by atoms with Crippen molar-refractivity contribution in [3.8, 4) is 0 Å². The zero-order valence-corrected chi connectivity index (χ0v) is 14.6. The topological polar surface area (TPSA) is 92.1 Å². The molecule has 1 aliphatic rings. The molecule has 0 aromatic carbocycles. The van der Waals surface area contributed by atoms with Gasteiger partial charge in [0.05, 0.1) is 10.9 Å². The molecule has 1 N–H and O–H groups in total. The van der Waals surface area contributed by atoms with Crippen molar-refractivity contribution in [3.05, 3.63) is 58.0 Å². The van der Waals surface area contributed by atoms with Crippen LogP contribution in [0.1, 0.15) is 47.6 Å². The number of aromatic amines is 1. The lowest BCUT2D eigenvalue weighted by molar-refractivity contribution is 0.0695. The van der Waals surface area contributed by atoms with E-state index < -0.39 is 0 Å². The molecule has 3 aromatic rings. The Morgan fingerprint density at radius 1 is 1.42 bits per heavy atom. The van der Waals surface area contributed by atoms with Crippen LogP contribution in [0.4, 0.5) is 0 Å². The Morgan fingerprint density at radius 2 is 2.31 bits per heavy atom. The number of H-pyrrole nitrogens is 1. The summed E-state index contributed by atoms with van der Waals surface area (Å²) in [6, 6.07) is 7.13. The highest BCUT2D eigenvalue weighted by Crippen LogP contribution is 2.27. The molecule has 1 saturated heterocycles. The lowest BCUT2D eigenvalue weighted by Crippen LogP contribution is -2.39. The summed E-state index contributed by atoms with van der Waals surface area (Å²) in [6.07, 6.45) is 4.17. The average molecular weight is 352 g/mol. The highest BCUT2D eigenvalue weighted by molar-refractivity contribution is 5.92. The smallest absolute Gasteiger partial charge is 0.276 e. The highest BCUT2D eigenvalue weighted by atomic mass is 16.5. The van der Waals surface area contributed by atoms with Crippen LogP contribution in [0.5, 0.6) is 0 Å². The van der Waals surface area contributed by atoms with E-state index in [1.165, 1.54) is 0 Å². The van der Waals surface area contributed by atoms with Crippen LogP contribution >= 0.6 is 0 Å². The molecule has 7 heteroatoms. The Kier molecular flexibility index (Phi) is 4.28. The van der Waals surface area contributed by atoms with Gasteiger partial charge in [-0.3, -0.25) is 14.6 Å². The maximum atomic E-state index is 12.7. The van der Waals surface area contributed by atoms with E-state index in [0.717, 1.165) is 18.5 Å². The minimum Gasteiger partial charge on any atom is -0.361 e. The van der Waals surface area contributed by atoms with Gasteiger partial charge in [0.25, 0.3) is 11.5 Å². The van der Waals surface area contributed by atoms with Gasteiger partial charge in [-0.05, 0) is 31.0 Å². The molecule has 3 aromatic heterocycles. The minimum absolute atomic E-state index is 0.0735. The number of pyridine rings is 2. The second kappa shape index (κ2) is 6.74. The molecule has 1 atom stereocenters. The maximum absolute atomic E-state index is 12.7. The number of piperidine rings is 1. The van der Waals surface area contributed by atoms with Gasteiger partial charge in [-0.15, -0.1) is 0 Å². The molecule has 26 heavy (non-hydrogen) atoms. The van der Waals surface area contributed by atoms with Crippen LogP contribution in [0.15, 0.2) is 39.8 Å². The zero-order chi connectivity index (χ0) is 18.1. The van der Waals surface area contributed by atoms with Gasteiger partial charge in [0.2, 0.25) is 0 Å². The van der Waals surface area contributed by atoms with Gasteiger partial charge in [-0.2, -0.15) is 0 Å². The first-order chi connectivity index (χ1) is 12.7. The molecule has 0 spiro atoms. The van der Waals surface area contributed by atoms with Crippen molar-refractivity contribution in [2.75, 3.05) is 13.1 Å². The number of aromatic nitrogens is 3. The Labute approximate surface area is 150 Å². The SMILES string of the molecule is CCc1cc(C(=O)N2CCC[C@H](c3cc4ncccc4c(=O)[nH]3)C2)no1. The summed E-state index contributed by atoms with van der Waals surface area (Å²) in [5.41, 5.74) is 1.71. The number of fused-ring (bicyclic) bond motifs is 1. The summed E-state index contributed by atoms with van der Waals surface area (Å²) < 4.78 is 5.15. The van der Waals surface area contributed by atoms with Gasteiger partial charge >= 0.3 is 0 Å². The summed E-state index contributed by atoms with van der Waals surface area (Å²) in [5.74, 6) is 0.649. The summed E-state index contributed by atoms with van der Waals surface area (Å²) in [4.78, 5) is 34.1. The number of likely N-dealkylation sites (tertiary alicyclic amines) is 1. The fraction of sp³-hybridized carbons (Fsp3) is 0.368. The monoisotopic (exact) mass is 352 g/mol. The number of nitrogens with one attached hydrogen (secondary N) is 1. The van der Waals surface area contributed by atoms with E-state index in [2.05, 4.69) is 15.1 Å². The van der Waals surface area contributed by atoms with Crippen molar-refractivity contribution in [1.82, 2.24) is 20.0 Å². The van der Waals surface area contributed by atoms with Gasteiger partial charge < -0.3 is 14.4 Å². The number of amides is 1. The minimum atomic E-state index is -0.141. The molecule has 134 valence electrons. The fourth-order valence-electron chi connectivity index (χ4n) is 3.48. The first kappa shape index (κ1) is 16.5. The van der Waals surface area contributed by atoms with Gasteiger partial charge in [0.15, 0.2) is 5.69 Å². The number of hydrogen-bond donors (Lipinski definition) is 1. The molecule has 4 heterocycles. The van der Waals surface area contributed by atoms with E-state index in [0.29, 0.717) is 41.9 Å². The molecule has 0 aliphatic carbocycles. The van der Waals surface area contributed by atoms with Gasteiger partial charge in [-0.25, -0.2) is 0 Å². The van der Waals surface area contributed by atoms with E-state index in [1.807, 2.05) is 13.0 Å². The molecule has 1 fully saturated rings. The first-order valence-electron chi connectivity index (χ1n) is 8.88. The second-order valence-corrected chi connectivity index (χ2v) is 6.61. The van der Waals surface area contributed by atoms with Crippen molar-refractivity contribution >= 4 is 16.8 Å². The average Bonchev–Trinajstić information content (AvgIpc) is 3.17. The maximum Gasteiger partial charge on any atom is 0.276 e. The van der Waals surface area contributed by atoms with Crippen LogP contribution in [-0.4, -0.2) is 39.0 Å². The van der Waals surface area contributed by atoms with Crippen LogP contribution in [0.25, 0.3) is 10.9 Å². The summed E-state index contributed by atoms with van der Waals surface area (Å²) in [5, 5.41) is 4.46. The third kappa shape index (κ3) is 3.00.